The van der Waals surface area contributed by atoms with Crippen LogP contribution in [0.25, 0.3) is 0 Å². The first-order valence-electron chi connectivity index (χ1n) is 6.51. The van der Waals surface area contributed by atoms with Gasteiger partial charge in [0.25, 0.3) is 0 Å². The molecular formula is C13H23N3. The molecule has 2 heterocycles. The molecule has 0 amide bonds. The van der Waals surface area contributed by atoms with Crippen molar-refractivity contribution in [3.05, 3.63) is 18.2 Å². The second kappa shape index (κ2) is 5.48. The molecule has 0 radical (unpaired) electrons. The van der Waals surface area contributed by atoms with Crippen molar-refractivity contribution in [1.29, 1.82) is 0 Å². The first-order chi connectivity index (χ1) is 7.77. The van der Waals surface area contributed by atoms with Crippen LogP contribution in [0.4, 0.5) is 0 Å². The number of imidazole rings is 1. The molecule has 0 aliphatic carbocycles. The molecule has 1 aliphatic heterocycles. The maximum Gasteiger partial charge on any atom is 0.123 e. The third kappa shape index (κ3) is 2.85. The summed E-state index contributed by atoms with van der Waals surface area (Å²) in [6, 6.07) is 0.518. The SMILES string of the molecule is CC(C)n1ccnc1CN1CCCCCC1. The van der Waals surface area contributed by atoms with Gasteiger partial charge in [-0.3, -0.25) is 4.90 Å². The van der Waals surface area contributed by atoms with E-state index >= 15 is 0 Å². The summed E-state index contributed by atoms with van der Waals surface area (Å²) in [6.07, 6.45) is 9.51. The summed E-state index contributed by atoms with van der Waals surface area (Å²) >= 11 is 0. The minimum atomic E-state index is 0.518. The quantitative estimate of drug-likeness (QED) is 0.782. The molecule has 0 saturated carbocycles. The van der Waals surface area contributed by atoms with Crippen molar-refractivity contribution in [2.45, 2.75) is 52.1 Å². The first kappa shape index (κ1) is 11.6. The van der Waals surface area contributed by atoms with E-state index in [1.165, 1.54) is 44.6 Å². The predicted octanol–water partition coefficient (Wildman–Crippen LogP) is 2.84. The van der Waals surface area contributed by atoms with Gasteiger partial charge in [-0.15, -0.1) is 0 Å². The topological polar surface area (TPSA) is 21.1 Å². The normalized spacial score (nSPS) is 18.9. The van der Waals surface area contributed by atoms with Crippen LogP contribution in [0.2, 0.25) is 0 Å². The summed E-state index contributed by atoms with van der Waals surface area (Å²) in [5.74, 6) is 1.22. The highest BCUT2D eigenvalue weighted by Gasteiger charge is 2.13. The Morgan fingerprint density at radius 2 is 1.88 bits per heavy atom. The van der Waals surface area contributed by atoms with E-state index in [1.54, 1.807) is 0 Å². The number of aromatic nitrogens is 2. The third-order valence-electron chi connectivity index (χ3n) is 3.37. The molecule has 16 heavy (non-hydrogen) atoms. The van der Waals surface area contributed by atoms with Crippen molar-refractivity contribution in [2.24, 2.45) is 0 Å². The number of rotatable bonds is 3. The lowest BCUT2D eigenvalue weighted by atomic mass is 10.2. The van der Waals surface area contributed by atoms with Gasteiger partial charge < -0.3 is 4.57 Å². The Labute approximate surface area is 98.5 Å². The van der Waals surface area contributed by atoms with E-state index in [9.17, 15) is 0 Å². The minimum absolute atomic E-state index is 0.518. The Kier molecular flexibility index (Phi) is 3.99. The Bertz CT molecular complexity index is 309. The first-order valence-corrected chi connectivity index (χ1v) is 6.51. The fourth-order valence-electron chi connectivity index (χ4n) is 2.43. The van der Waals surface area contributed by atoms with E-state index in [2.05, 4.69) is 34.5 Å². The van der Waals surface area contributed by atoms with Gasteiger partial charge in [-0.05, 0) is 39.8 Å². The molecule has 0 unspecified atom stereocenters. The molecule has 1 aromatic heterocycles. The lowest BCUT2D eigenvalue weighted by molar-refractivity contribution is 0.264. The van der Waals surface area contributed by atoms with Crippen molar-refractivity contribution in [1.82, 2.24) is 14.5 Å². The molecule has 0 bridgehead atoms. The molecule has 90 valence electrons. The fourth-order valence-corrected chi connectivity index (χ4v) is 2.43. The monoisotopic (exact) mass is 221 g/mol. The zero-order chi connectivity index (χ0) is 11.4. The number of hydrogen-bond acceptors (Lipinski definition) is 2. The zero-order valence-electron chi connectivity index (χ0n) is 10.5. The van der Waals surface area contributed by atoms with E-state index in [0.29, 0.717) is 6.04 Å². The van der Waals surface area contributed by atoms with E-state index in [-0.39, 0.29) is 0 Å². The smallest absolute Gasteiger partial charge is 0.123 e. The summed E-state index contributed by atoms with van der Waals surface area (Å²) in [5, 5.41) is 0. The van der Waals surface area contributed by atoms with Gasteiger partial charge in [-0.25, -0.2) is 4.98 Å². The van der Waals surface area contributed by atoms with Gasteiger partial charge in [0.15, 0.2) is 0 Å². The van der Waals surface area contributed by atoms with Crippen molar-refractivity contribution >= 4 is 0 Å². The lowest BCUT2D eigenvalue weighted by Crippen LogP contribution is -2.26. The fraction of sp³-hybridized carbons (Fsp3) is 0.769. The zero-order valence-corrected chi connectivity index (χ0v) is 10.5. The Morgan fingerprint density at radius 1 is 1.19 bits per heavy atom. The Morgan fingerprint density at radius 3 is 2.50 bits per heavy atom. The molecule has 3 nitrogen and oxygen atoms in total. The summed E-state index contributed by atoms with van der Waals surface area (Å²) in [4.78, 5) is 7.03. The summed E-state index contributed by atoms with van der Waals surface area (Å²) in [5.41, 5.74) is 0. The molecule has 0 atom stereocenters. The number of likely N-dealkylation sites (tertiary alicyclic amines) is 1. The third-order valence-corrected chi connectivity index (χ3v) is 3.37. The molecule has 0 spiro atoms. The van der Waals surface area contributed by atoms with Crippen molar-refractivity contribution < 1.29 is 0 Å². The standard InChI is InChI=1S/C13H23N3/c1-12(2)16-10-7-14-13(16)11-15-8-5-3-4-6-9-15/h7,10,12H,3-6,8-9,11H2,1-2H3. The average molecular weight is 221 g/mol. The molecule has 0 aromatic carbocycles. The van der Waals surface area contributed by atoms with Crippen LogP contribution in [0.3, 0.4) is 0 Å². The predicted molar refractivity (Wildman–Crippen MR) is 66.4 cm³/mol. The molecule has 1 saturated heterocycles. The maximum absolute atomic E-state index is 4.48. The van der Waals surface area contributed by atoms with E-state index in [1.807, 2.05) is 6.20 Å². The summed E-state index contributed by atoms with van der Waals surface area (Å²) in [6.45, 7) is 7.93. The van der Waals surface area contributed by atoms with Gasteiger partial charge in [0, 0.05) is 18.4 Å². The van der Waals surface area contributed by atoms with E-state index in [0.717, 1.165) is 6.54 Å². The summed E-state index contributed by atoms with van der Waals surface area (Å²) < 4.78 is 2.28. The highest BCUT2D eigenvalue weighted by molar-refractivity contribution is 4.94. The van der Waals surface area contributed by atoms with Crippen molar-refractivity contribution in [3.8, 4) is 0 Å². The summed E-state index contributed by atoms with van der Waals surface area (Å²) in [7, 11) is 0. The van der Waals surface area contributed by atoms with Crippen LogP contribution >= 0.6 is 0 Å². The molecule has 2 rings (SSSR count). The highest BCUT2D eigenvalue weighted by atomic mass is 15.2. The van der Waals surface area contributed by atoms with Gasteiger partial charge >= 0.3 is 0 Å². The van der Waals surface area contributed by atoms with Gasteiger partial charge in [0.05, 0.1) is 6.54 Å². The van der Waals surface area contributed by atoms with Crippen molar-refractivity contribution in [2.75, 3.05) is 13.1 Å². The van der Waals surface area contributed by atoms with E-state index in [4.69, 9.17) is 0 Å². The van der Waals surface area contributed by atoms with E-state index < -0.39 is 0 Å². The van der Waals surface area contributed by atoms with Crippen molar-refractivity contribution in [3.63, 3.8) is 0 Å². The van der Waals surface area contributed by atoms with Gasteiger partial charge in [-0.2, -0.15) is 0 Å². The largest absolute Gasteiger partial charge is 0.331 e. The number of hydrogen-bond donors (Lipinski definition) is 0. The lowest BCUT2D eigenvalue weighted by Gasteiger charge is -2.21. The van der Waals surface area contributed by atoms with Crippen LogP contribution in [-0.2, 0) is 6.54 Å². The van der Waals surface area contributed by atoms with Crippen LogP contribution in [0, 0.1) is 0 Å². The van der Waals surface area contributed by atoms with Crippen LogP contribution in [0.1, 0.15) is 51.4 Å². The Balaban J connectivity index is 1.99. The van der Waals surface area contributed by atoms with Crippen LogP contribution < -0.4 is 0 Å². The maximum atomic E-state index is 4.48. The molecule has 0 N–H and O–H groups in total. The minimum Gasteiger partial charge on any atom is -0.331 e. The second-order valence-corrected chi connectivity index (χ2v) is 5.03. The van der Waals surface area contributed by atoms with Gasteiger partial charge in [0.1, 0.15) is 5.82 Å². The van der Waals surface area contributed by atoms with Crippen LogP contribution in [-0.4, -0.2) is 27.5 Å². The second-order valence-electron chi connectivity index (χ2n) is 5.03. The molecule has 1 aliphatic rings. The van der Waals surface area contributed by atoms with Gasteiger partial charge in [0.2, 0.25) is 0 Å². The Hall–Kier alpha value is -0.830. The average Bonchev–Trinajstić information content (AvgIpc) is 2.55. The molecule has 1 fully saturated rings. The molecular weight excluding hydrogens is 198 g/mol. The molecule has 1 aromatic rings. The molecule has 3 heteroatoms. The van der Waals surface area contributed by atoms with Crippen LogP contribution in [0.5, 0.6) is 0 Å². The van der Waals surface area contributed by atoms with Crippen LogP contribution in [0.15, 0.2) is 12.4 Å². The highest BCUT2D eigenvalue weighted by Crippen LogP contribution is 2.14. The number of nitrogens with zero attached hydrogens (tertiary/aromatic N) is 3. The van der Waals surface area contributed by atoms with Gasteiger partial charge in [-0.1, -0.05) is 12.8 Å².